The monoisotopic (exact) mass is 598 g/mol. The normalized spacial score (nSPS) is 27.1. The largest absolute Gasteiger partial charge is 0.479 e. The Morgan fingerprint density at radius 1 is 1.10 bits per heavy atom. The summed E-state index contributed by atoms with van der Waals surface area (Å²) in [4.78, 5) is 44.1. The van der Waals surface area contributed by atoms with Crippen LogP contribution in [0.1, 0.15) is 18.7 Å². The van der Waals surface area contributed by atoms with E-state index in [4.69, 9.17) is 18.7 Å². The Bertz CT molecular complexity index is 1450. The predicted molar refractivity (Wildman–Crippen MR) is 138 cm³/mol. The van der Waals surface area contributed by atoms with Crippen LogP contribution in [0.4, 0.5) is 10.6 Å². The molecule has 16 nitrogen and oxygen atoms in total. The molecule has 4 unspecified atom stereocenters. The summed E-state index contributed by atoms with van der Waals surface area (Å²) in [6, 6.07) is 9.07. The Morgan fingerprint density at radius 2 is 1.85 bits per heavy atom. The van der Waals surface area contributed by atoms with Crippen molar-refractivity contribution >= 4 is 38.4 Å². The second kappa shape index (κ2) is 11.6. The molecule has 7 atom stereocenters. The van der Waals surface area contributed by atoms with Crippen LogP contribution < -0.4 is 10.6 Å². The molecule has 5 rings (SSSR count). The van der Waals surface area contributed by atoms with Crippen molar-refractivity contribution in [3.63, 3.8) is 0 Å². The van der Waals surface area contributed by atoms with Gasteiger partial charge in [0.15, 0.2) is 29.5 Å². The molecular weight excluding hydrogens is 570 g/mol. The van der Waals surface area contributed by atoms with Crippen molar-refractivity contribution < 1.29 is 46.8 Å². The molecule has 4 heterocycles. The van der Waals surface area contributed by atoms with Crippen molar-refractivity contribution in [1.82, 2.24) is 24.8 Å². The number of fused-ring (bicyclic) bond motifs is 2. The van der Waals surface area contributed by atoms with E-state index in [0.717, 1.165) is 12.2 Å². The lowest BCUT2D eigenvalue weighted by atomic mass is 10.1. The van der Waals surface area contributed by atoms with Crippen LogP contribution in [0.2, 0.25) is 0 Å². The number of ether oxygens (including phenoxy) is 3. The number of hydrogen-bond acceptors (Lipinski definition) is 11. The van der Waals surface area contributed by atoms with E-state index in [1.54, 1.807) is 11.5 Å². The van der Waals surface area contributed by atoms with Crippen LogP contribution in [0.3, 0.4) is 0 Å². The number of nitrogens with one attached hydrogen (secondary N) is 2. The van der Waals surface area contributed by atoms with E-state index in [-0.39, 0.29) is 5.82 Å². The summed E-state index contributed by atoms with van der Waals surface area (Å²) in [5.74, 6) is 0.182. The van der Waals surface area contributed by atoms with E-state index < -0.39 is 58.9 Å². The third-order valence-electron chi connectivity index (χ3n) is 6.01. The minimum atomic E-state index is -4.89. The van der Waals surface area contributed by atoms with Gasteiger partial charge < -0.3 is 29.3 Å². The van der Waals surface area contributed by atoms with Gasteiger partial charge in [-0.15, -0.1) is 0 Å². The summed E-state index contributed by atoms with van der Waals surface area (Å²) < 4.78 is 53.1. The second-order valence-electron chi connectivity index (χ2n) is 9.07. The van der Waals surface area contributed by atoms with E-state index in [9.17, 15) is 23.7 Å². The highest BCUT2D eigenvalue weighted by Gasteiger charge is 2.54. The van der Waals surface area contributed by atoms with Gasteiger partial charge in [0.05, 0.1) is 12.9 Å². The van der Waals surface area contributed by atoms with Crippen LogP contribution in [-0.4, -0.2) is 79.8 Å². The number of urea groups is 1. The quantitative estimate of drug-likeness (QED) is 0.247. The number of hydrogen-bond donors (Lipinski definition) is 4. The Kier molecular flexibility index (Phi) is 8.34. The smallest absolute Gasteiger partial charge is 0.347 e. The summed E-state index contributed by atoms with van der Waals surface area (Å²) in [6.45, 7) is 2.44. The first-order chi connectivity index (χ1) is 19.0. The fourth-order valence-electron chi connectivity index (χ4n) is 4.49. The Labute approximate surface area is 228 Å². The van der Waals surface area contributed by atoms with Crippen molar-refractivity contribution in [1.29, 1.82) is 0 Å². The second-order valence-corrected chi connectivity index (χ2v) is 12.5. The van der Waals surface area contributed by atoms with Crippen LogP contribution in [0.5, 0.6) is 0 Å². The zero-order valence-electron chi connectivity index (χ0n) is 21.4. The van der Waals surface area contributed by atoms with E-state index in [1.165, 1.54) is 12.7 Å². The number of imidazole rings is 1. The molecule has 2 amide bonds. The number of carbonyl (C=O) groups excluding carboxylic acids is 1. The van der Waals surface area contributed by atoms with Crippen LogP contribution in [-0.2, 0) is 38.6 Å². The van der Waals surface area contributed by atoms with E-state index >= 15 is 0 Å². The zero-order valence-corrected chi connectivity index (χ0v) is 23.2. The molecule has 2 aromatic heterocycles. The van der Waals surface area contributed by atoms with Gasteiger partial charge in [0, 0.05) is 19.6 Å². The maximum Gasteiger partial charge on any atom is 0.479 e. The summed E-state index contributed by atoms with van der Waals surface area (Å²) in [6.07, 6.45) is -0.829. The molecule has 40 heavy (non-hydrogen) atoms. The lowest BCUT2D eigenvalue weighted by Gasteiger charge is -2.22. The van der Waals surface area contributed by atoms with Crippen LogP contribution in [0.25, 0.3) is 11.2 Å². The summed E-state index contributed by atoms with van der Waals surface area (Å²) in [7, 11) is -9.21. The number of nitrogens with zero attached hydrogens (tertiary/aromatic N) is 4. The van der Waals surface area contributed by atoms with Crippen molar-refractivity contribution in [2.45, 2.75) is 44.2 Å². The Morgan fingerprint density at radius 3 is 2.58 bits per heavy atom. The fraction of sp³-hybridized carbons (Fsp3) is 0.455. The highest BCUT2D eigenvalue weighted by Crippen LogP contribution is 2.58. The topological polar surface area (TPSA) is 205 Å². The number of phosphoric ester groups is 1. The zero-order chi connectivity index (χ0) is 28.5. The van der Waals surface area contributed by atoms with E-state index in [0.29, 0.717) is 24.1 Å². The molecule has 3 aromatic rings. The Hall–Kier alpha value is -2.78. The number of aromatic nitrogens is 4. The van der Waals surface area contributed by atoms with Gasteiger partial charge >= 0.3 is 21.4 Å². The molecule has 2 fully saturated rings. The van der Waals surface area contributed by atoms with E-state index in [1.807, 2.05) is 30.3 Å². The number of rotatable bonds is 10. The van der Waals surface area contributed by atoms with Gasteiger partial charge in [0.25, 0.3) is 0 Å². The van der Waals surface area contributed by atoms with Crippen molar-refractivity contribution in [2.24, 2.45) is 0 Å². The molecule has 2 aliphatic rings. The Balaban J connectivity index is 1.40. The minimum Gasteiger partial charge on any atom is -0.347 e. The lowest BCUT2D eigenvalue weighted by Crippen LogP contribution is -2.31. The average molecular weight is 598 g/mol. The molecule has 0 spiro atoms. The third kappa shape index (κ3) is 6.57. The van der Waals surface area contributed by atoms with Crippen molar-refractivity contribution in [3.05, 3.63) is 48.5 Å². The maximum atomic E-state index is 12.2. The predicted octanol–water partition coefficient (Wildman–Crippen LogP) is 2.17. The summed E-state index contributed by atoms with van der Waals surface area (Å²) >= 11 is 0. The van der Waals surface area contributed by atoms with Crippen molar-refractivity contribution in [3.8, 4) is 0 Å². The molecule has 18 heteroatoms. The number of amides is 2. The number of phosphoric acid groups is 1. The maximum absolute atomic E-state index is 12.2. The highest BCUT2D eigenvalue weighted by molar-refractivity contribution is 7.63. The molecule has 0 radical (unpaired) electrons. The summed E-state index contributed by atoms with van der Waals surface area (Å²) in [5, 5.41) is 5.24. The SMILES string of the molecule is CCNC(=O)Nc1ncnc2c1ncn2[C@@H]1O[C@H](COP(=O)(O)OP(C)(=O)O)C2OC(Cc3ccccc3)O[C@@H]21. The molecular formula is C22H28N6O10P2. The van der Waals surface area contributed by atoms with Gasteiger partial charge in [-0.3, -0.25) is 19.0 Å². The summed E-state index contributed by atoms with van der Waals surface area (Å²) in [5.41, 5.74) is 1.59. The number of carbonyl (C=O) groups is 1. The first kappa shape index (κ1) is 28.7. The van der Waals surface area contributed by atoms with Gasteiger partial charge in [-0.1, -0.05) is 30.3 Å². The van der Waals surface area contributed by atoms with Crippen molar-refractivity contribution in [2.75, 3.05) is 25.1 Å². The average Bonchev–Trinajstić information content (AvgIpc) is 3.56. The minimum absolute atomic E-state index is 0.182. The number of anilines is 1. The molecule has 2 saturated heterocycles. The molecule has 0 bridgehead atoms. The first-order valence-corrected chi connectivity index (χ1v) is 15.8. The van der Waals surface area contributed by atoms with Gasteiger partial charge in [-0.25, -0.2) is 28.6 Å². The van der Waals surface area contributed by atoms with Gasteiger partial charge in [-0.05, 0) is 12.5 Å². The lowest BCUT2D eigenvalue weighted by molar-refractivity contribution is -0.149. The van der Waals surface area contributed by atoms with Crippen LogP contribution >= 0.6 is 15.4 Å². The first-order valence-electron chi connectivity index (χ1n) is 12.2. The molecule has 0 saturated carbocycles. The molecule has 216 valence electrons. The van der Waals surface area contributed by atoms with Crippen LogP contribution in [0, 0.1) is 0 Å². The van der Waals surface area contributed by atoms with Gasteiger partial charge in [0.1, 0.15) is 24.6 Å². The molecule has 4 N–H and O–H groups in total. The molecule has 0 aliphatic carbocycles. The third-order valence-corrected chi connectivity index (χ3v) is 8.52. The number of benzene rings is 1. The van der Waals surface area contributed by atoms with Gasteiger partial charge in [-0.2, -0.15) is 0 Å². The molecule has 2 aliphatic heterocycles. The highest BCUT2D eigenvalue weighted by atomic mass is 31.3. The van der Waals surface area contributed by atoms with E-state index in [2.05, 4.69) is 29.9 Å². The van der Waals surface area contributed by atoms with Crippen LogP contribution in [0.15, 0.2) is 43.0 Å². The fourth-order valence-corrected chi connectivity index (χ4v) is 6.54. The molecule has 1 aromatic carbocycles. The van der Waals surface area contributed by atoms with Gasteiger partial charge in [0.2, 0.25) is 0 Å². The standard InChI is InChI=1S/C22H28N6O10P2/c1-3-23-22(29)27-19-16-20(25-11-24-19)28(12-26-16)21-18-17(36-15(37-18)9-13-7-5-4-6-8-13)14(35-21)10-34-40(32,33)38-39(2,30)31/h4-8,11-12,14-15,17-18,21H,3,9-10H2,1-2H3,(H,30,31)(H,32,33)(H2,23,24,25,27,29)/t14-,15?,17?,18+,21-/m1/s1.